The lowest BCUT2D eigenvalue weighted by molar-refractivity contribution is 0.158. The monoisotopic (exact) mass is 314 g/mol. The van der Waals surface area contributed by atoms with Gasteiger partial charge in [-0.3, -0.25) is 4.90 Å². The predicted molar refractivity (Wildman–Crippen MR) is 100 cm³/mol. The Morgan fingerprint density at radius 1 is 0.913 bits per heavy atom. The van der Waals surface area contributed by atoms with Gasteiger partial charge in [-0.2, -0.15) is 0 Å². The van der Waals surface area contributed by atoms with Crippen molar-refractivity contribution in [3.05, 3.63) is 29.8 Å². The zero-order valence-corrected chi connectivity index (χ0v) is 15.3. The van der Waals surface area contributed by atoms with Gasteiger partial charge in [-0.1, -0.05) is 31.5 Å². The van der Waals surface area contributed by atoms with Crippen LogP contribution in [0.5, 0.6) is 0 Å². The SMILES string of the molecule is Cc1ccc(N2CCN(CC3CCC(C(C)C)CC3)CC2)cc1. The molecule has 1 aliphatic heterocycles. The highest BCUT2D eigenvalue weighted by Crippen LogP contribution is 2.33. The Kier molecular flexibility index (Phi) is 5.63. The zero-order chi connectivity index (χ0) is 16.2. The molecule has 0 aromatic heterocycles. The van der Waals surface area contributed by atoms with Crippen molar-refractivity contribution in [2.24, 2.45) is 17.8 Å². The molecule has 1 aliphatic carbocycles. The summed E-state index contributed by atoms with van der Waals surface area (Å²) in [6, 6.07) is 9.01. The van der Waals surface area contributed by atoms with Crippen LogP contribution in [0.4, 0.5) is 5.69 Å². The molecule has 3 rings (SSSR count). The Bertz CT molecular complexity index is 463. The van der Waals surface area contributed by atoms with Gasteiger partial charge in [0.15, 0.2) is 0 Å². The van der Waals surface area contributed by atoms with E-state index >= 15 is 0 Å². The van der Waals surface area contributed by atoms with Crippen LogP contribution in [-0.2, 0) is 0 Å². The fourth-order valence-electron chi connectivity index (χ4n) is 4.35. The highest BCUT2D eigenvalue weighted by atomic mass is 15.3. The van der Waals surface area contributed by atoms with E-state index in [0.29, 0.717) is 0 Å². The maximum atomic E-state index is 2.71. The molecule has 1 heterocycles. The molecule has 23 heavy (non-hydrogen) atoms. The van der Waals surface area contributed by atoms with Crippen molar-refractivity contribution in [2.45, 2.75) is 46.5 Å². The predicted octanol–water partition coefficient (Wildman–Crippen LogP) is 4.58. The molecule has 1 aromatic carbocycles. The van der Waals surface area contributed by atoms with Gasteiger partial charge in [-0.25, -0.2) is 0 Å². The molecule has 128 valence electrons. The van der Waals surface area contributed by atoms with Gasteiger partial charge in [0.05, 0.1) is 0 Å². The molecular weight excluding hydrogens is 280 g/mol. The van der Waals surface area contributed by atoms with E-state index in [-0.39, 0.29) is 0 Å². The van der Waals surface area contributed by atoms with E-state index in [2.05, 4.69) is 54.8 Å². The van der Waals surface area contributed by atoms with Gasteiger partial charge in [-0.15, -0.1) is 0 Å². The first-order chi connectivity index (χ1) is 11.1. The molecule has 0 unspecified atom stereocenters. The molecule has 0 N–H and O–H groups in total. The van der Waals surface area contributed by atoms with Crippen LogP contribution < -0.4 is 4.90 Å². The lowest BCUT2D eigenvalue weighted by Gasteiger charge is -2.39. The highest BCUT2D eigenvalue weighted by molar-refractivity contribution is 5.47. The molecule has 1 saturated heterocycles. The second-order valence-electron chi connectivity index (χ2n) is 8.15. The molecule has 0 radical (unpaired) electrons. The number of anilines is 1. The van der Waals surface area contributed by atoms with Crippen molar-refractivity contribution in [1.82, 2.24) is 4.90 Å². The molecule has 2 nitrogen and oxygen atoms in total. The third-order valence-corrected chi connectivity index (χ3v) is 6.12. The molecule has 2 heteroatoms. The molecule has 1 saturated carbocycles. The third-order valence-electron chi connectivity index (χ3n) is 6.12. The van der Waals surface area contributed by atoms with Crippen molar-refractivity contribution < 1.29 is 0 Å². The first-order valence-electron chi connectivity index (χ1n) is 9.66. The molecule has 0 amide bonds. The van der Waals surface area contributed by atoms with Crippen LogP contribution in [0.2, 0.25) is 0 Å². The fourth-order valence-corrected chi connectivity index (χ4v) is 4.35. The minimum absolute atomic E-state index is 0.883. The second kappa shape index (κ2) is 7.70. The maximum Gasteiger partial charge on any atom is 0.0367 e. The van der Waals surface area contributed by atoms with Crippen molar-refractivity contribution in [3.8, 4) is 0 Å². The smallest absolute Gasteiger partial charge is 0.0367 e. The van der Waals surface area contributed by atoms with Gasteiger partial charge in [-0.05, 0) is 62.5 Å². The summed E-state index contributed by atoms with van der Waals surface area (Å²) in [6.07, 6.45) is 5.85. The number of aryl methyl sites for hydroxylation is 1. The molecule has 2 aliphatic rings. The molecule has 0 atom stereocenters. The van der Waals surface area contributed by atoms with Crippen molar-refractivity contribution in [2.75, 3.05) is 37.6 Å². The molecule has 0 spiro atoms. The van der Waals surface area contributed by atoms with Crippen LogP contribution >= 0.6 is 0 Å². The Morgan fingerprint density at radius 2 is 1.52 bits per heavy atom. The van der Waals surface area contributed by atoms with Gasteiger partial charge in [0.25, 0.3) is 0 Å². The van der Waals surface area contributed by atoms with Gasteiger partial charge in [0.1, 0.15) is 0 Å². The number of rotatable bonds is 4. The van der Waals surface area contributed by atoms with E-state index in [9.17, 15) is 0 Å². The summed E-state index contributed by atoms with van der Waals surface area (Å²) < 4.78 is 0. The number of piperazine rings is 1. The second-order valence-corrected chi connectivity index (χ2v) is 8.15. The van der Waals surface area contributed by atoms with Crippen LogP contribution in [0.25, 0.3) is 0 Å². The van der Waals surface area contributed by atoms with E-state index < -0.39 is 0 Å². The summed E-state index contributed by atoms with van der Waals surface area (Å²) in [5.74, 6) is 2.83. The summed E-state index contributed by atoms with van der Waals surface area (Å²) in [4.78, 5) is 5.26. The van der Waals surface area contributed by atoms with Crippen molar-refractivity contribution in [3.63, 3.8) is 0 Å². The maximum absolute atomic E-state index is 2.71. The van der Waals surface area contributed by atoms with Gasteiger partial charge < -0.3 is 4.90 Å². The van der Waals surface area contributed by atoms with Crippen molar-refractivity contribution >= 4 is 5.69 Å². The third kappa shape index (κ3) is 4.50. The Morgan fingerprint density at radius 3 is 2.09 bits per heavy atom. The topological polar surface area (TPSA) is 6.48 Å². The van der Waals surface area contributed by atoms with E-state index in [1.165, 1.54) is 69.7 Å². The molecule has 1 aromatic rings. The Balaban J connectivity index is 1.42. The summed E-state index contributed by atoms with van der Waals surface area (Å²) >= 11 is 0. The summed E-state index contributed by atoms with van der Waals surface area (Å²) in [6.45, 7) is 13.1. The zero-order valence-electron chi connectivity index (χ0n) is 15.3. The normalized spacial score (nSPS) is 26.7. The highest BCUT2D eigenvalue weighted by Gasteiger charge is 2.26. The fraction of sp³-hybridized carbons (Fsp3) is 0.714. The number of hydrogen-bond donors (Lipinski definition) is 0. The van der Waals surface area contributed by atoms with Crippen LogP contribution in [0.15, 0.2) is 24.3 Å². The Hall–Kier alpha value is -1.02. The summed E-state index contributed by atoms with van der Waals surface area (Å²) in [5.41, 5.74) is 2.75. The quantitative estimate of drug-likeness (QED) is 0.802. The summed E-state index contributed by atoms with van der Waals surface area (Å²) in [7, 11) is 0. The molecular formula is C21H34N2. The van der Waals surface area contributed by atoms with Gasteiger partial charge >= 0.3 is 0 Å². The first-order valence-corrected chi connectivity index (χ1v) is 9.66. The van der Waals surface area contributed by atoms with Crippen LogP contribution in [0, 0.1) is 24.7 Å². The standard InChI is InChI=1S/C21H34N2/c1-17(2)20-8-6-19(7-9-20)16-22-12-14-23(15-13-22)21-10-4-18(3)5-11-21/h4-5,10-11,17,19-20H,6-9,12-16H2,1-3H3. The van der Waals surface area contributed by atoms with Crippen LogP contribution in [0.3, 0.4) is 0 Å². The molecule has 2 fully saturated rings. The Labute approximate surface area is 142 Å². The van der Waals surface area contributed by atoms with E-state index in [4.69, 9.17) is 0 Å². The number of nitrogens with zero attached hydrogens (tertiary/aromatic N) is 2. The number of hydrogen-bond acceptors (Lipinski definition) is 2. The molecule has 0 bridgehead atoms. The largest absolute Gasteiger partial charge is 0.369 e. The lowest BCUT2D eigenvalue weighted by Crippen LogP contribution is -2.48. The van der Waals surface area contributed by atoms with E-state index in [1.807, 2.05) is 0 Å². The van der Waals surface area contributed by atoms with Gasteiger partial charge in [0.2, 0.25) is 0 Å². The van der Waals surface area contributed by atoms with Crippen LogP contribution in [-0.4, -0.2) is 37.6 Å². The first kappa shape index (κ1) is 16.8. The summed E-state index contributed by atoms with van der Waals surface area (Å²) in [5, 5.41) is 0. The van der Waals surface area contributed by atoms with Crippen LogP contribution in [0.1, 0.15) is 45.1 Å². The average Bonchev–Trinajstić information content (AvgIpc) is 2.57. The van der Waals surface area contributed by atoms with Gasteiger partial charge in [0, 0.05) is 38.4 Å². The average molecular weight is 315 g/mol. The lowest BCUT2D eigenvalue weighted by atomic mass is 9.77. The minimum Gasteiger partial charge on any atom is -0.369 e. The van der Waals surface area contributed by atoms with E-state index in [0.717, 1.165) is 17.8 Å². The number of benzene rings is 1. The minimum atomic E-state index is 0.883. The van der Waals surface area contributed by atoms with E-state index in [1.54, 1.807) is 0 Å². The van der Waals surface area contributed by atoms with Crippen molar-refractivity contribution in [1.29, 1.82) is 0 Å².